The predicted octanol–water partition coefficient (Wildman–Crippen LogP) is 5.42. The van der Waals surface area contributed by atoms with Crippen LogP contribution in [-0.2, 0) is 34.5 Å². The molecule has 4 rings (SSSR count). The first kappa shape index (κ1) is 23.9. The summed E-state index contributed by atoms with van der Waals surface area (Å²) in [6, 6.07) is 23.8. The van der Waals surface area contributed by atoms with Crippen molar-refractivity contribution in [3.8, 4) is 22.4 Å². The Bertz CT molecular complexity index is 1380. The fourth-order valence-electron chi connectivity index (χ4n) is 3.68. The zero-order valence-electron chi connectivity index (χ0n) is 18.4. The number of benzene rings is 3. The van der Waals surface area contributed by atoms with Gasteiger partial charge in [0.2, 0.25) is 10.0 Å². The number of primary sulfonamides is 1. The van der Waals surface area contributed by atoms with Crippen LogP contribution in [0.4, 0.5) is 0 Å². The summed E-state index contributed by atoms with van der Waals surface area (Å²) in [6.07, 6.45) is 1.77. The zero-order valence-corrected chi connectivity index (χ0v) is 20.0. The quantitative estimate of drug-likeness (QED) is 0.315. The van der Waals surface area contributed by atoms with Crippen LogP contribution in [0, 0.1) is 0 Å². The molecule has 3 aromatic carbocycles. The summed E-state index contributed by atoms with van der Waals surface area (Å²) in [5.74, 6) is 0. The van der Waals surface area contributed by atoms with Gasteiger partial charge in [0.05, 0.1) is 30.3 Å². The number of hydrogen-bond acceptors (Lipinski definition) is 4. The molecule has 6 nitrogen and oxygen atoms in total. The summed E-state index contributed by atoms with van der Waals surface area (Å²) < 4.78 is 31.3. The van der Waals surface area contributed by atoms with Crippen molar-refractivity contribution in [2.75, 3.05) is 0 Å². The van der Waals surface area contributed by atoms with E-state index in [4.69, 9.17) is 26.6 Å². The first-order chi connectivity index (χ1) is 16.4. The molecule has 0 aliphatic heterocycles. The van der Waals surface area contributed by atoms with E-state index in [1.807, 2.05) is 59.3 Å². The number of rotatable bonds is 9. The number of nitrogens with zero attached hydrogens (tertiary/aromatic N) is 2. The van der Waals surface area contributed by atoms with Gasteiger partial charge in [-0.25, -0.2) is 13.6 Å². The number of hydrogen-bond donors (Lipinski definition) is 1. The van der Waals surface area contributed by atoms with Gasteiger partial charge in [0.25, 0.3) is 0 Å². The van der Waals surface area contributed by atoms with Crippen LogP contribution >= 0.6 is 11.6 Å². The first-order valence-electron chi connectivity index (χ1n) is 10.6. The molecule has 0 fully saturated rings. The molecule has 0 amide bonds. The summed E-state index contributed by atoms with van der Waals surface area (Å²) in [7, 11) is -3.79. The van der Waals surface area contributed by atoms with Gasteiger partial charge in [-0.05, 0) is 35.4 Å². The fraction of sp³-hybridized carbons (Fsp3) is 0.115. The van der Waals surface area contributed by atoms with E-state index in [0.29, 0.717) is 30.5 Å². The Labute approximate surface area is 204 Å². The van der Waals surface area contributed by atoms with Crippen molar-refractivity contribution in [3.05, 3.63) is 108 Å². The van der Waals surface area contributed by atoms with Crippen molar-refractivity contribution >= 4 is 21.6 Å². The summed E-state index contributed by atoms with van der Waals surface area (Å²) in [6.45, 7) is 5.13. The van der Waals surface area contributed by atoms with Gasteiger partial charge in [-0.15, -0.1) is 6.58 Å². The summed E-state index contributed by atoms with van der Waals surface area (Å²) in [5.41, 5.74) is 5.21. The van der Waals surface area contributed by atoms with Crippen LogP contribution in [0.5, 0.6) is 0 Å². The normalized spacial score (nSPS) is 11.5. The maximum atomic E-state index is 11.7. The molecule has 0 atom stereocenters. The second kappa shape index (κ2) is 10.4. The van der Waals surface area contributed by atoms with Crippen LogP contribution in [0.1, 0.15) is 11.3 Å². The predicted molar refractivity (Wildman–Crippen MR) is 135 cm³/mol. The van der Waals surface area contributed by atoms with E-state index in [1.165, 1.54) is 12.1 Å². The molecular formula is C26H24ClN3O3S. The Kier molecular flexibility index (Phi) is 7.29. The second-order valence-electron chi connectivity index (χ2n) is 7.70. The van der Waals surface area contributed by atoms with Gasteiger partial charge in [-0.2, -0.15) is 5.10 Å². The molecule has 0 saturated heterocycles. The van der Waals surface area contributed by atoms with Gasteiger partial charge in [-0.3, -0.25) is 4.68 Å². The minimum absolute atomic E-state index is 0.0428. The van der Waals surface area contributed by atoms with E-state index in [2.05, 4.69) is 6.58 Å². The van der Waals surface area contributed by atoms with Crippen LogP contribution in [0.3, 0.4) is 0 Å². The lowest BCUT2D eigenvalue weighted by Gasteiger charge is -2.11. The number of aromatic nitrogens is 2. The SMILES string of the molecule is C=CCn1nc(-c2ccc(S(N)(=O)=O)cc2)c(-c2ccc(Cl)cc2)c1COCc1ccccc1. The highest BCUT2D eigenvalue weighted by atomic mass is 35.5. The maximum absolute atomic E-state index is 11.7. The molecule has 0 saturated carbocycles. The molecular weight excluding hydrogens is 470 g/mol. The number of allylic oxidation sites excluding steroid dienone is 1. The Morgan fingerprint density at radius 3 is 2.21 bits per heavy atom. The summed E-state index contributed by atoms with van der Waals surface area (Å²) in [5, 5.41) is 10.7. The first-order valence-corrected chi connectivity index (χ1v) is 12.5. The van der Waals surface area contributed by atoms with Crippen molar-refractivity contribution in [3.63, 3.8) is 0 Å². The molecule has 2 N–H and O–H groups in total. The average molecular weight is 494 g/mol. The standard InChI is InChI=1S/C26H24ClN3O3S/c1-2-16-30-24(18-33-17-19-6-4-3-5-7-19)25(20-8-12-22(27)13-9-20)26(29-30)21-10-14-23(15-11-21)34(28,31)32/h2-15H,1,16-18H2,(H2,28,31,32). The minimum atomic E-state index is -3.79. The second-order valence-corrected chi connectivity index (χ2v) is 9.69. The Morgan fingerprint density at radius 2 is 1.59 bits per heavy atom. The summed E-state index contributed by atoms with van der Waals surface area (Å²) >= 11 is 6.13. The largest absolute Gasteiger partial charge is 0.370 e. The highest BCUT2D eigenvalue weighted by molar-refractivity contribution is 7.89. The van der Waals surface area contributed by atoms with Crippen molar-refractivity contribution in [1.29, 1.82) is 0 Å². The molecule has 1 aromatic heterocycles. The zero-order chi connectivity index (χ0) is 24.1. The van der Waals surface area contributed by atoms with Crippen molar-refractivity contribution in [2.45, 2.75) is 24.7 Å². The number of nitrogens with two attached hydrogens (primary N) is 1. The monoisotopic (exact) mass is 493 g/mol. The van der Waals surface area contributed by atoms with Crippen LogP contribution in [0.25, 0.3) is 22.4 Å². The van der Waals surface area contributed by atoms with Gasteiger partial charge in [0.15, 0.2) is 0 Å². The van der Waals surface area contributed by atoms with Crippen molar-refractivity contribution in [1.82, 2.24) is 9.78 Å². The lowest BCUT2D eigenvalue weighted by atomic mass is 9.99. The molecule has 0 unspecified atom stereocenters. The Hall–Kier alpha value is -3.23. The molecule has 34 heavy (non-hydrogen) atoms. The maximum Gasteiger partial charge on any atom is 0.238 e. The van der Waals surface area contributed by atoms with Gasteiger partial charge in [-0.1, -0.05) is 72.3 Å². The molecule has 0 aliphatic rings. The topological polar surface area (TPSA) is 87.2 Å². The smallest absolute Gasteiger partial charge is 0.238 e. The van der Waals surface area contributed by atoms with E-state index in [0.717, 1.165) is 27.9 Å². The van der Waals surface area contributed by atoms with Gasteiger partial charge >= 0.3 is 0 Å². The third-order valence-corrected chi connectivity index (χ3v) is 6.48. The van der Waals surface area contributed by atoms with E-state index in [1.54, 1.807) is 18.2 Å². The highest BCUT2D eigenvalue weighted by Crippen LogP contribution is 2.36. The minimum Gasteiger partial charge on any atom is -0.370 e. The van der Waals surface area contributed by atoms with E-state index >= 15 is 0 Å². The lowest BCUT2D eigenvalue weighted by Crippen LogP contribution is -2.11. The Balaban J connectivity index is 1.79. The molecule has 0 spiro atoms. The lowest BCUT2D eigenvalue weighted by molar-refractivity contribution is 0.102. The highest BCUT2D eigenvalue weighted by Gasteiger charge is 2.21. The van der Waals surface area contributed by atoms with Crippen LogP contribution in [-0.4, -0.2) is 18.2 Å². The van der Waals surface area contributed by atoms with Crippen molar-refractivity contribution in [2.24, 2.45) is 5.14 Å². The van der Waals surface area contributed by atoms with Gasteiger partial charge in [0, 0.05) is 16.1 Å². The third-order valence-electron chi connectivity index (χ3n) is 5.30. The van der Waals surface area contributed by atoms with E-state index in [-0.39, 0.29) is 4.90 Å². The average Bonchev–Trinajstić information content (AvgIpc) is 3.18. The molecule has 8 heteroatoms. The van der Waals surface area contributed by atoms with Crippen LogP contribution in [0.15, 0.2) is 96.4 Å². The third kappa shape index (κ3) is 5.46. The molecule has 4 aromatic rings. The Morgan fingerprint density at radius 1 is 0.941 bits per heavy atom. The summed E-state index contributed by atoms with van der Waals surface area (Å²) in [4.78, 5) is 0.0428. The molecule has 0 bridgehead atoms. The number of sulfonamides is 1. The van der Waals surface area contributed by atoms with Crippen LogP contribution < -0.4 is 5.14 Å². The van der Waals surface area contributed by atoms with Gasteiger partial charge in [0.1, 0.15) is 5.69 Å². The molecule has 0 aliphatic carbocycles. The number of ether oxygens (including phenoxy) is 1. The van der Waals surface area contributed by atoms with Gasteiger partial charge < -0.3 is 4.74 Å². The number of halogens is 1. The molecule has 1 heterocycles. The fourth-order valence-corrected chi connectivity index (χ4v) is 4.32. The van der Waals surface area contributed by atoms with Crippen LogP contribution in [0.2, 0.25) is 5.02 Å². The molecule has 174 valence electrons. The van der Waals surface area contributed by atoms with E-state index < -0.39 is 10.0 Å². The molecule has 0 radical (unpaired) electrons. The van der Waals surface area contributed by atoms with Crippen molar-refractivity contribution < 1.29 is 13.2 Å². The van der Waals surface area contributed by atoms with E-state index in [9.17, 15) is 8.42 Å².